The lowest BCUT2D eigenvalue weighted by atomic mass is 10.1. The van der Waals surface area contributed by atoms with Gasteiger partial charge in [0.15, 0.2) is 0 Å². The predicted octanol–water partition coefficient (Wildman–Crippen LogP) is 4.17. The van der Waals surface area contributed by atoms with Crippen molar-refractivity contribution < 1.29 is 5.11 Å². The van der Waals surface area contributed by atoms with Crippen LogP contribution in [-0.2, 0) is 13.2 Å². The largest absolute Gasteiger partial charge is 0.392 e. The van der Waals surface area contributed by atoms with Crippen LogP contribution in [0.3, 0.4) is 0 Å². The second-order valence-corrected chi connectivity index (χ2v) is 6.82. The van der Waals surface area contributed by atoms with Crippen LogP contribution in [0.2, 0.25) is 0 Å². The molecule has 19 heavy (non-hydrogen) atoms. The number of anilines is 1. The number of rotatable bonds is 5. The van der Waals surface area contributed by atoms with Crippen LogP contribution >= 0.6 is 27.3 Å². The molecule has 2 nitrogen and oxygen atoms in total. The molecule has 1 aliphatic carbocycles. The lowest BCUT2D eigenvalue weighted by molar-refractivity contribution is 0.282. The normalized spacial score (nSPS) is 14.6. The molecule has 1 fully saturated rings. The minimum atomic E-state index is 0.0857. The van der Waals surface area contributed by atoms with Crippen LogP contribution in [0, 0.1) is 0 Å². The summed E-state index contributed by atoms with van der Waals surface area (Å²) < 4.78 is 1.02. The van der Waals surface area contributed by atoms with Crippen LogP contribution in [0.15, 0.2) is 40.2 Å². The summed E-state index contributed by atoms with van der Waals surface area (Å²) in [5, 5.41) is 11.7. The van der Waals surface area contributed by atoms with Crippen molar-refractivity contribution in [3.63, 3.8) is 0 Å². The van der Waals surface area contributed by atoms with Crippen molar-refractivity contribution in [3.8, 4) is 0 Å². The van der Waals surface area contributed by atoms with Crippen molar-refractivity contribution in [3.05, 3.63) is 50.6 Å². The van der Waals surface area contributed by atoms with E-state index < -0.39 is 0 Å². The minimum Gasteiger partial charge on any atom is -0.392 e. The molecule has 1 saturated carbocycles. The van der Waals surface area contributed by atoms with Gasteiger partial charge in [0.2, 0.25) is 0 Å². The van der Waals surface area contributed by atoms with Crippen LogP contribution in [0.25, 0.3) is 0 Å². The second kappa shape index (κ2) is 5.65. The first kappa shape index (κ1) is 13.2. The van der Waals surface area contributed by atoms with Gasteiger partial charge in [-0.1, -0.05) is 22.0 Å². The third-order valence-electron chi connectivity index (χ3n) is 3.42. The number of thiophene rings is 1. The molecule has 1 heterocycles. The number of aliphatic hydroxyl groups is 1. The molecule has 0 atom stereocenters. The zero-order valence-electron chi connectivity index (χ0n) is 10.6. The summed E-state index contributed by atoms with van der Waals surface area (Å²) in [4.78, 5) is 3.81. The van der Waals surface area contributed by atoms with E-state index in [1.165, 1.54) is 23.4 Å². The smallest absolute Gasteiger partial charge is 0.0702 e. The van der Waals surface area contributed by atoms with E-state index in [-0.39, 0.29) is 6.61 Å². The summed E-state index contributed by atoms with van der Waals surface area (Å²) in [6, 6.07) is 11.1. The van der Waals surface area contributed by atoms with E-state index in [1.54, 1.807) is 11.3 Å². The summed E-state index contributed by atoms with van der Waals surface area (Å²) in [6.07, 6.45) is 2.51. The molecule has 0 saturated heterocycles. The molecule has 0 bridgehead atoms. The van der Waals surface area contributed by atoms with Crippen molar-refractivity contribution in [1.82, 2.24) is 0 Å². The summed E-state index contributed by atoms with van der Waals surface area (Å²) in [5.41, 5.74) is 2.17. The van der Waals surface area contributed by atoms with Crippen molar-refractivity contribution in [2.75, 3.05) is 4.90 Å². The van der Waals surface area contributed by atoms with Gasteiger partial charge in [0.1, 0.15) is 0 Å². The Kier molecular flexibility index (Phi) is 3.91. The molecule has 1 aromatic heterocycles. The number of nitrogens with zero attached hydrogens (tertiary/aromatic N) is 1. The monoisotopic (exact) mass is 337 g/mol. The van der Waals surface area contributed by atoms with Gasteiger partial charge in [-0.2, -0.15) is 0 Å². The van der Waals surface area contributed by atoms with E-state index in [1.807, 2.05) is 6.07 Å². The predicted molar refractivity (Wildman–Crippen MR) is 83.6 cm³/mol. The molecule has 2 aromatic rings. The molecule has 0 radical (unpaired) electrons. The number of hydrogen-bond acceptors (Lipinski definition) is 3. The Balaban J connectivity index is 1.91. The molecule has 3 rings (SSSR count). The van der Waals surface area contributed by atoms with Gasteiger partial charge in [0, 0.05) is 26.6 Å². The Morgan fingerprint density at radius 1 is 1.32 bits per heavy atom. The van der Waals surface area contributed by atoms with Crippen molar-refractivity contribution in [1.29, 1.82) is 0 Å². The van der Waals surface area contributed by atoms with Crippen LogP contribution < -0.4 is 4.90 Å². The number of aliphatic hydroxyl groups excluding tert-OH is 1. The van der Waals surface area contributed by atoms with Gasteiger partial charge in [0.25, 0.3) is 0 Å². The van der Waals surface area contributed by atoms with Crippen molar-refractivity contribution in [2.45, 2.75) is 32.0 Å². The van der Waals surface area contributed by atoms with E-state index >= 15 is 0 Å². The topological polar surface area (TPSA) is 23.5 Å². The van der Waals surface area contributed by atoms with E-state index in [0.29, 0.717) is 6.04 Å². The fourth-order valence-corrected chi connectivity index (χ4v) is 3.44. The lowest BCUT2D eigenvalue weighted by Gasteiger charge is -2.26. The fraction of sp³-hybridized carbons (Fsp3) is 0.333. The highest BCUT2D eigenvalue weighted by atomic mass is 79.9. The highest BCUT2D eigenvalue weighted by molar-refractivity contribution is 9.10. The molecular formula is C15H16BrNOS. The van der Waals surface area contributed by atoms with Crippen LogP contribution in [0.4, 0.5) is 5.69 Å². The Labute approximate surface area is 125 Å². The van der Waals surface area contributed by atoms with Crippen LogP contribution in [-0.4, -0.2) is 11.1 Å². The quantitative estimate of drug-likeness (QED) is 0.884. The van der Waals surface area contributed by atoms with E-state index in [4.69, 9.17) is 0 Å². The first-order chi connectivity index (χ1) is 9.28. The number of hydrogen-bond donors (Lipinski definition) is 1. The maximum absolute atomic E-state index is 9.58. The third kappa shape index (κ3) is 3.02. The molecule has 1 aromatic carbocycles. The molecule has 0 amide bonds. The number of benzene rings is 1. The molecule has 0 spiro atoms. The third-order valence-corrected chi connectivity index (χ3v) is 4.77. The SMILES string of the molecule is OCc1cc(Br)ccc1N(Cc1cccs1)C1CC1. The van der Waals surface area contributed by atoms with Crippen molar-refractivity contribution in [2.24, 2.45) is 0 Å². The second-order valence-electron chi connectivity index (χ2n) is 4.87. The van der Waals surface area contributed by atoms with Gasteiger partial charge in [-0.25, -0.2) is 0 Å². The Morgan fingerprint density at radius 3 is 2.79 bits per heavy atom. The molecule has 0 unspecified atom stereocenters. The van der Waals surface area contributed by atoms with Gasteiger partial charge in [-0.3, -0.25) is 0 Å². The highest BCUT2D eigenvalue weighted by Crippen LogP contribution is 2.36. The van der Waals surface area contributed by atoms with E-state index in [2.05, 4.69) is 50.5 Å². The van der Waals surface area contributed by atoms with Crippen LogP contribution in [0.5, 0.6) is 0 Å². The Morgan fingerprint density at radius 2 is 2.16 bits per heavy atom. The van der Waals surface area contributed by atoms with Gasteiger partial charge in [0.05, 0.1) is 13.2 Å². The average molecular weight is 338 g/mol. The Hall–Kier alpha value is -0.840. The zero-order valence-corrected chi connectivity index (χ0v) is 13.0. The summed E-state index contributed by atoms with van der Waals surface area (Å²) >= 11 is 5.27. The number of halogens is 1. The maximum Gasteiger partial charge on any atom is 0.0702 e. The summed E-state index contributed by atoms with van der Waals surface area (Å²) in [6.45, 7) is 1.03. The molecule has 100 valence electrons. The average Bonchev–Trinajstić information content (AvgIpc) is 3.13. The molecule has 1 aliphatic rings. The molecule has 1 N–H and O–H groups in total. The first-order valence-electron chi connectivity index (χ1n) is 6.46. The minimum absolute atomic E-state index is 0.0857. The molecule has 4 heteroatoms. The maximum atomic E-state index is 9.58. The standard InChI is InChI=1S/C15H16BrNOS/c16-12-3-6-15(11(8-12)10-18)17(13-4-5-13)9-14-2-1-7-19-14/h1-3,6-8,13,18H,4-5,9-10H2. The molecular weight excluding hydrogens is 322 g/mol. The Bertz CT molecular complexity index is 551. The molecule has 0 aliphatic heterocycles. The fourth-order valence-electron chi connectivity index (χ4n) is 2.33. The summed E-state index contributed by atoms with van der Waals surface area (Å²) in [7, 11) is 0. The van der Waals surface area contributed by atoms with Gasteiger partial charge in [-0.15, -0.1) is 11.3 Å². The van der Waals surface area contributed by atoms with E-state index in [9.17, 15) is 5.11 Å². The lowest BCUT2D eigenvalue weighted by Crippen LogP contribution is -2.25. The van der Waals surface area contributed by atoms with Gasteiger partial charge < -0.3 is 10.0 Å². The van der Waals surface area contributed by atoms with Crippen molar-refractivity contribution >= 4 is 33.0 Å². The zero-order chi connectivity index (χ0) is 13.2. The first-order valence-corrected chi connectivity index (χ1v) is 8.13. The van der Waals surface area contributed by atoms with E-state index in [0.717, 1.165) is 16.6 Å². The summed E-state index contributed by atoms with van der Waals surface area (Å²) in [5.74, 6) is 0. The highest BCUT2D eigenvalue weighted by Gasteiger charge is 2.30. The van der Waals surface area contributed by atoms with Crippen LogP contribution in [0.1, 0.15) is 23.3 Å². The van der Waals surface area contributed by atoms with Gasteiger partial charge >= 0.3 is 0 Å². The van der Waals surface area contributed by atoms with Gasteiger partial charge in [-0.05, 0) is 42.5 Å².